The first-order valence-electron chi connectivity index (χ1n) is 10.4. The highest BCUT2D eigenvalue weighted by Gasteiger charge is 2.17. The Morgan fingerprint density at radius 2 is 1.90 bits per heavy atom. The summed E-state index contributed by atoms with van der Waals surface area (Å²) in [6.45, 7) is 2.53. The van der Waals surface area contributed by atoms with E-state index < -0.39 is 5.82 Å². The number of halogens is 1. The van der Waals surface area contributed by atoms with Crippen LogP contribution in [0.15, 0.2) is 58.5 Å². The molecule has 0 spiro atoms. The molecule has 1 saturated heterocycles. The molecule has 1 fully saturated rings. The van der Waals surface area contributed by atoms with Crippen molar-refractivity contribution < 1.29 is 13.9 Å². The average Bonchev–Trinajstić information content (AvgIpc) is 2.79. The number of aromatic nitrogens is 2. The van der Waals surface area contributed by atoms with Crippen LogP contribution in [0.1, 0.15) is 19.3 Å². The van der Waals surface area contributed by atoms with Gasteiger partial charge in [-0.15, -0.1) is 0 Å². The average molecular weight is 442 g/mol. The molecule has 8 heteroatoms. The van der Waals surface area contributed by atoms with Crippen molar-refractivity contribution in [2.75, 3.05) is 32.1 Å². The van der Waals surface area contributed by atoms with Crippen LogP contribution in [0.25, 0.3) is 16.6 Å². The summed E-state index contributed by atoms with van der Waals surface area (Å²) in [5, 5.41) is 1.01. The maximum Gasteiger partial charge on any atom is 0.266 e. The summed E-state index contributed by atoms with van der Waals surface area (Å²) >= 11 is 1.45. The number of thioether (sulfide) groups is 1. The van der Waals surface area contributed by atoms with E-state index in [1.54, 1.807) is 30.3 Å². The molecule has 0 atom stereocenters. The van der Waals surface area contributed by atoms with Gasteiger partial charge < -0.3 is 9.64 Å². The van der Waals surface area contributed by atoms with E-state index in [9.17, 15) is 14.0 Å². The SMILES string of the molecule is O=C(CCCCSc1nc2ccccc2c(=O)n1-c1cccc(F)c1)N1CCOCC1. The molecule has 1 aliphatic rings. The van der Waals surface area contributed by atoms with Crippen LogP contribution in [-0.4, -0.2) is 52.4 Å². The van der Waals surface area contributed by atoms with Crippen molar-refractivity contribution in [3.05, 3.63) is 64.7 Å². The summed E-state index contributed by atoms with van der Waals surface area (Å²) in [6.07, 6.45) is 2.08. The zero-order valence-corrected chi connectivity index (χ0v) is 17.9. The molecule has 1 amide bonds. The van der Waals surface area contributed by atoms with E-state index >= 15 is 0 Å². The highest BCUT2D eigenvalue weighted by atomic mass is 32.2. The maximum atomic E-state index is 13.8. The number of ether oxygens (including phenoxy) is 1. The molecule has 6 nitrogen and oxygen atoms in total. The second kappa shape index (κ2) is 10.1. The molecule has 1 aliphatic heterocycles. The Morgan fingerprint density at radius 1 is 1.10 bits per heavy atom. The number of carbonyl (C=O) groups excluding carboxylic acids is 1. The number of para-hydroxylation sites is 1. The third-order valence-electron chi connectivity index (χ3n) is 5.19. The summed E-state index contributed by atoms with van der Waals surface area (Å²) in [7, 11) is 0. The second-order valence-electron chi connectivity index (χ2n) is 7.33. The minimum absolute atomic E-state index is 0.161. The van der Waals surface area contributed by atoms with Gasteiger partial charge in [-0.05, 0) is 43.2 Å². The lowest BCUT2D eigenvalue weighted by Crippen LogP contribution is -2.40. The van der Waals surface area contributed by atoms with E-state index in [0.29, 0.717) is 60.2 Å². The zero-order chi connectivity index (χ0) is 21.6. The van der Waals surface area contributed by atoms with Crippen molar-refractivity contribution in [2.24, 2.45) is 0 Å². The molecule has 4 rings (SSSR count). The van der Waals surface area contributed by atoms with Crippen molar-refractivity contribution in [2.45, 2.75) is 24.4 Å². The maximum absolute atomic E-state index is 13.8. The number of amides is 1. The van der Waals surface area contributed by atoms with Crippen molar-refractivity contribution in [3.63, 3.8) is 0 Å². The molecular formula is C23H24FN3O3S. The molecule has 0 bridgehead atoms. The molecule has 0 unspecified atom stereocenters. The van der Waals surface area contributed by atoms with Gasteiger partial charge in [-0.3, -0.25) is 14.2 Å². The quantitative estimate of drug-likeness (QED) is 0.318. The van der Waals surface area contributed by atoms with Gasteiger partial charge in [-0.25, -0.2) is 9.37 Å². The topological polar surface area (TPSA) is 64.4 Å². The molecule has 0 aliphatic carbocycles. The van der Waals surface area contributed by atoms with Crippen LogP contribution < -0.4 is 5.56 Å². The Morgan fingerprint density at radius 3 is 2.71 bits per heavy atom. The smallest absolute Gasteiger partial charge is 0.266 e. The first-order valence-corrected chi connectivity index (χ1v) is 11.4. The number of morpholine rings is 1. The van der Waals surface area contributed by atoms with Crippen LogP contribution >= 0.6 is 11.8 Å². The zero-order valence-electron chi connectivity index (χ0n) is 17.1. The normalized spacial score (nSPS) is 14.2. The van der Waals surface area contributed by atoms with Crippen molar-refractivity contribution in [3.8, 4) is 5.69 Å². The van der Waals surface area contributed by atoms with Gasteiger partial charge in [0, 0.05) is 25.3 Å². The van der Waals surface area contributed by atoms with Crippen LogP contribution in [-0.2, 0) is 9.53 Å². The molecule has 162 valence electrons. The molecule has 1 aromatic heterocycles. The van der Waals surface area contributed by atoms with Crippen molar-refractivity contribution in [1.29, 1.82) is 0 Å². The number of hydrogen-bond donors (Lipinski definition) is 0. The molecule has 2 aromatic carbocycles. The van der Waals surface area contributed by atoms with Crippen molar-refractivity contribution in [1.82, 2.24) is 14.5 Å². The third kappa shape index (κ3) is 5.14. The predicted octanol–water partition coefficient (Wildman–Crippen LogP) is 3.65. The Balaban J connectivity index is 1.47. The van der Waals surface area contributed by atoms with Crippen LogP contribution in [0.5, 0.6) is 0 Å². The minimum Gasteiger partial charge on any atom is -0.378 e. The fraction of sp³-hybridized carbons (Fsp3) is 0.348. The predicted molar refractivity (Wildman–Crippen MR) is 119 cm³/mol. The molecule has 0 radical (unpaired) electrons. The fourth-order valence-electron chi connectivity index (χ4n) is 3.56. The molecule has 31 heavy (non-hydrogen) atoms. The van der Waals surface area contributed by atoms with Gasteiger partial charge in [0.15, 0.2) is 5.16 Å². The third-order valence-corrected chi connectivity index (χ3v) is 6.22. The number of nitrogens with zero attached hydrogens (tertiary/aromatic N) is 3. The first kappa shape index (κ1) is 21.5. The van der Waals surface area contributed by atoms with Gasteiger partial charge in [0.25, 0.3) is 5.56 Å². The van der Waals surface area contributed by atoms with Crippen LogP contribution in [0.3, 0.4) is 0 Å². The van der Waals surface area contributed by atoms with Gasteiger partial charge in [-0.2, -0.15) is 0 Å². The lowest BCUT2D eigenvalue weighted by Gasteiger charge is -2.26. The molecule has 2 heterocycles. The van der Waals surface area contributed by atoms with Gasteiger partial charge in [0.2, 0.25) is 5.91 Å². The van der Waals surface area contributed by atoms with Gasteiger partial charge in [0.1, 0.15) is 5.82 Å². The van der Waals surface area contributed by atoms with E-state index in [1.807, 2.05) is 11.0 Å². The lowest BCUT2D eigenvalue weighted by molar-refractivity contribution is -0.135. The van der Waals surface area contributed by atoms with Gasteiger partial charge in [-0.1, -0.05) is 30.0 Å². The number of fused-ring (bicyclic) bond motifs is 1. The Hall–Kier alpha value is -2.71. The second-order valence-corrected chi connectivity index (χ2v) is 8.39. The first-order chi connectivity index (χ1) is 15.1. The number of hydrogen-bond acceptors (Lipinski definition) is 5. The molecule has 0 saturated carbocycles. The Bertz CT molecular complexity index is 1130. The monoisotopic (exact) mass is 441 g/mol. The standard InChI is InChI=1S/C23H24FN3O3S/c24-17-6-5-7-18(16-17)27-22(29)19-8-1-2-9-20(19)25-23(27)31-15-4-3-10-21(28)26-11-13-30-14-12-26/h1-2,5-9,16H,3-4,10-15H2. The fourth-order valence-corrected chi connectivity index (χ4v) is 4.58. The summed E-state index contributed by atoms with van der Waals surface area (Å²) in [6, 6.07) is 13.1. The summed E-state index contributed by atoms with van der Waals surface area (Å²) in [5.74, 6) is 0.458. The van der Waals surface area contributed by atoms with E-state index in [1.165, 1.54) is 28.5 Å². The Kier molecular flexibility index (Phi) is 6.99. The molecular weight excluding hydrogens is 417 g/mol. The summed E-state index contributed by atoms with van der Waals surface area (Å²) in [5.41, 5.74) is 0.847. The summed E-state index contributed by atoms with van der Waals surface area (Å²) in [4.78, 5) is 31.9. The molecule has 0 N–H and O–H groups in total. The van der Waals surface area contributed by atoms with E-state index in [4.69, 9.17) is 4.74 Å². The minimum atomic E-state index is -0.407. The van der Waals surface area contributed by atoms with Gasteiger partial charge in [0.05, 0.1) is 29.8 Å². The highest BCUT2D eigenvalue weighted by Crippen LogP contribution is 2.23. The number of rotatable bonds is 7. The van der Waals surface area contributed by atoms with Crippen LogP contribution in [0.4, 0.5) is 4.39 Å². The number of unbranched alkanes of at least 4 members (excludes halogenated alkanes) is 1. The Labute approximate surface area is 184 Å². The highest BCUT2D eigenvalue weighted by molar-refractivity contribution is 7.99. The van der Waals surface area contributed by atoms with Crippen molar-refractivity contribution >= 4 is 28.6 Å². The number of carbonyl (C=O) groups is 1. The largest absolute Gasteiger partial charge is 0.378 e. The van der Waals surface area contributed by atoms with Crippen LogP contribution in [0, 0.1) is 5.82 Å². The summed E-state index contributed by atoms with van der Waals surface area (Å²) < 4.78 is 20.6. The number of benzene rings is 2. The van der Waals surface area contributed by atoms with E-state index in [2.05, 4.69) is 4.98 Å². The van der Waals surface area contributed by atoms with Crippen LogP contribution in [0.2, 0.25) is 0 Å². The molecule has 3 aromatic rings. The van der Waals surface area contributed by atoms with E-state index in [-0.39, 0.29) is 11.5 Å². The lowest BCUT2D eigenvalue weighted by atomic mass is 10.2. The van der Waals surface area contributed by atoms with E-state index in [0.717, 1.165) is 12.8 Å². The van der Waals surface area contributed by atoms with Gasteiger partial charge >= 0.3 is 0 Å².